The number of carbonyl (C=O) groups is 2. The third kappa shape index (κ3) is 6.58. The van der Waals surface area contributed by atoms with Crippen LogP contribution in [0.2, 0.25) is 0 Å². The van der Waals surface area contributed by atoms with Gasteiger partial charge in [-0.2, -0.15) is 0 Å². The number of nitrogens with zero attached hydrogens (tertiary/aromatic N) is 2. The number of rotatable bonds is 5. The summed E-state index contributed by atoms with van der Waals surface area (Å²) < 4.78 is 5.42. The molecule has 0 radical (unpaired) electrons. The lowest BCUT2D eigenvalue weighted by molar-refractivity contribution is -0.134. The lowest BCUT2D eigenvalue weighted by atomic mass is 10.1. The predicted octanol–water partition coefficient (Wildman–Crippen LogP) is 0.945. The van der Waals surface area contributed by atoms with Gasteiger partial charge >= 0.3 is 11.9 Å². The summed E-state index contributed by atoms with van der Waals surface area (Å²) in [6, 6.07) is 7.08. The van der Waals surface area contributed by atoms with E-state index in [1.54, 1.807) is 0 Å². The summed E-state index contributed by atoms with van der Waals surface area (Å²) in [6.07, 6.45) is 2.26. The molecule has 1 atom stereocenters. The molecule has 0 bridgehead atoms. The average Bonchev–Trinajstić information content (AvgIpc) is 3.03. The Labute approximate surface area is 158 Å². The van der Waals surface area contributed by atoms with Gasteiger partial charge in [-0.05, 0) is 31.0 Å². The van der Waals surface area contributed by atoms with Gasteiger partial charge in [0.2, 0.25) is 0 Å². The van der Waals surface area contributed by atoms with Crippen molar-refractivity contribution in [2.45, 2.75) is 19.4 Å². The highest BCUT2D eigenvalue weighted by molar-refractivity contribution is 5.89. The van der Waals surface area contributed by atoms with E-state index < -0.39 is 11.9 Å². The molecule has 8 nitrogen and oxygen atoms in total. The number of hydrogen-bond acceptors (Lipinski definition) is 6. The van der Waals surface area contributed by atoms with Gasteiger partial charge in [-0.1, -0.05) is 6.07 Å². The van der Waals surface area contributed by atoms with Crippen LogP contribution in [0.1, 0.15) is 12.5 Å². The van der Waals surface area contributed by atoms with E-state index in [0.717, 1.165) is 45.8 Å². The zero-order chi connectivity index (χ0) is 19.8. The summed E-state index contributed by atoms with van der Waals surface area (Å²) in [6.45, 7) is 7.77. The Morgan fingerprint density at radius 3 is 2.37 bits per heavy atom. The number of benzene rings is 1. The van der Waals surface area contributed by atoms with Gasteiger partial charge in [0.25, 0.3) is 0 Å². The molecule has 0 aliphatic carbocycles. The van der Waals surface area contributed by atoms with Crippen LogP contribution in [0.5, 0.6) is 0 Å². The van der Waals surface area contributed by atoms with Crippen molar-refractivity contribution in [2.75, 3.05) is 49.2 Å². The highest BCUT2D eigenvalue weighted by Crippen LogP contribution is 2.32. The molecule has 148 valence electrons. The van der Waals surface area contributed by atoms with Crippen LogP contribution in [-0.4, -0.2) is 67.6 Å². The minimum Gasteiger partial charge on any atom is -0.478 e. The van der Waals surface area contributed by atoms with E-state index in [1.807, 2.05) is 0 Å². The Balaban J connectivity index is 0.000000279. The number of carboxylic acid groups (broad SMARTS) is 2. The smallest absolute Gasteiger partial charge is 0.328 e. The van der Waals surface area contributed by atoms with E-state index in [0.29, 0.717) is 12.2 Å². The molecule has 1 aromatic rings. The van der Waals surface area contributed by atoms with Crippen molar-refractivity contribution in [3.63, 3.8) is 0 Å². The normalized spacial score (nSPS) is 17.3. The maximum absolute atomic E-state index is 9.55. The number of fused-ring (bicyclic) bond motifs is 1. The number of nitrogens with two attached hydrogens (primary N) is 1. The molecule has 0 saturated carbocycles. The van der Waals surface area contributed by atoms with Crippen molar-refractivity contribution in [2.24, 2.45) is 5.73 Å². The second kappa shape index (κ2) is 9.94. The van der Waals surface area contributed by atoms with E-state index in [2.05, 4.69) is 34.9 Å². The summed E-state index contributed by atoms with van der Waals surface area (Å²) in [5, 5.41) is 15.6. The second-order valence-electron chi connectivity index (χ2n) is 6.60. The third-order valence-corrected chi connectivity index (χ3v) is 4.31. The summed E-state index contributed by atoms with van der Waals surface area (Å²) in [4.78, 5) is 23.9. The fourth-order valence-electron chi connectivity index (χ4n) is 3.13. The lowest BCUT2D eigenvalue weighted by Gasteiger charge is -2.30. The Kier molecular flexibility index (Phi) is 7.63. The van der Waals surface area contributed by atoms with E-state index in [1.165, 1.54) is 16.9 Å². The molecule has 0 aromatic heterocycles. The first kappa shape index (κ1) is 20.7. The molecule has 27 heavy (non-hydrogen) atoms. The fraction of sp³-hybridized carbons (Fsp3) is 0.474. The number of hydrogen-bond donors (Lipinski definition) is 3. The van der Waals surface area contributed by atoms with Gasteiger partial charge in [-0.15, -0.1) is 0 Å². The van der Waals surface area contributed by atoms with Crippen LogP contribution in [0.15, 0.2) is 30.4 Å². The van der Waals surface area contributed by atoms with Gasteiger partial charge in [0.1, 0.15) is 0 Å². The zero-order valence-electron chi connectivity index (χ0n) is 15.5. The van der Waals surface area contributed by atoms with E-state index >= 15 is 0 Å². The van der Waals surface area contributed by atoms with Crippen molar-refractivity contribution >= 4 is 23.3 Å². The van der Waals surface area contributed by atoms with Crippen molar-refractivity contribution in [3.05, 3.63) is 35.9 Å². The molecule has 8 heteroatoms. The Hall–Kier alpha value is -2.58. The number of ether oxygens (including phenoxy) is 1. The first-order chi connectivity index (χ1) is 12.9. The number of morpholine rings is 1. The van der Waals surface area contributed by atoms with Crippen molar-refractivity contribution in [1.29, 1.82) is 0 Å². The summed E-state index contributed by atoms with van der Waals surface area (Å²) in [5.41, 5.74) is 10.1. The molecular formula is C19H27N3O5. The Morgan fingerprint density at radius 1 is 1.19 bits per heavy atom. The average molecular weight is 377 g/mol. The van der Waals surface area contributed by atoms with Crippen LogP contribution in [0.25, 0.3) is 0 Å². The number of aliphatic carboxylic acids is 2. The topological polar surface area (TPSA) is 116 Å². The maximum atomic E-state index is 9.55. The molecule has 2 heterocycles. The minimum atomic E-state index is -1.26. The van der Waals surface area contributed by atoms with Crippen molar-refractivity contribution in [1.82, 2.24) is 0 Å². The van der Waals surface area contributed by atoms with Gasteiger partial charge in [0.05, 0.1) is 13.2 Å². The quantitative estimate of drug-likeness (QED) is 0.650. The molecule has 1 saturated heterocycles. The van der Waals surface area contributed by atoms with Gasteiger partial charge in [-0.3, -0.25) is 0 Å². The highest BCUT2D eigenvalue weighted by Gasteiger charge is 2.21. The minimum absolute atomic E-state index is 0.220. The third-order valence-electron chi connectivity index (χ3n) is 4.31. The van der Waals surface area contributed by atoms with Crippen LogP contribution < -0.4 is 15.5 Å². The number of anilines is 2. The summed E-state index contributed by atoms with van der Waals surface area (Å²) in [5.74, 6) is -2.51. The SMILES string of the molecule is C[C@H](N)CN1CCc2ccc(N3CCOCC3)cc21.O=C(O)C=CC(=O)O. The Morgan fingerprint density at radius 2 is 1.81 bits per heavy atom. The van der Waals surface area contributed by atoms with Gasteiger partial charge in [0.15, 0.2) is 0 Å². The Bertz CT molecular complexity index is 668. The summed E-state index contributed by atoms with van der Waals surface area (Å²) in [7, 11) is 0. The highest BCUT2D eigenvalue weighted by atomic mass is 16.5. The van der Waals surface area contributed by atoms with Crippen molar-refractivity contribution in [3.8, 4) is 0 Å². The van der Waals surface area contributed by atoms with E-state index in [9.17, 15) is 9.59 Å². The monoisotopic (exact) mass is 377 g/mol. The van der Waals surface area contributed by atoms with Crippen LogP contribution in [-0.2, 0) is 20.7 Å². The van der Waals surface area contributed by atoms with Crippen LogP contribution in [0.4, 0.5) is 11.4 Å². The fourth-order valence-corrected chi connectivity index (χ4v) is 3.13. The second-order valence-corrected chi connectivity index (χ2v) is 6.60. The molecule has 1 fully saturated rings. The van der Waals surface area contributed by atoms with Gasteiger partial charge in [-0.25, -0.2) is 9.59 Å². The predicted molar refractivity (Wildman–Crippen MR) is 103 cm³/mol. The van der Waals surface area contributed by atoms with Crippen LogP contribution in [0, 0.1) is 0 Å². The molecule has 2 aliphatic rings. The zero-order valence-corrected chi connectivity index (χ0v) is 15.5. The standard InChI is InChI=1S/C15H23N3O.C4H4O4/c1-12(16)11-18-5-4-13-2-3-14(10-15(13)18)17-6-8-19-9-7-17;5-3(6)1-2-4(7)8/h2-3,10,12H,4-9,11,16H2,1H3;1-2H,(H,5,6)(H,7,8)/t12-;/m0./s1. The van der Waals surface area contributed by atoms with Gasteiger partial charge < -0.3 is 30.5 Å². The molecular weight excluding hydrogens is 350 g/mol. The van der Waals surface area contributed by atoms with Gasteiger partial charge in [0, 0.05) is 55.7 Å². The molecule has 1 aromatic carbocycles. The summed E-state index contributed by atoms with van der Waals surface area (Å²) >= 11 is 0. The molecule has 0 spiro atoms. The first-order valence-electron chi connectivity index (χ1n) is 8.97. The molecule has 3 rings (SSSR count). The van der Waals surface area contributed by atoms with Crippen LogP contribution in [0.3, 0.4) is 0 Å². The lowest BCUT2D eigenvalue weighted by Crippen LogP contribution is -2.36. The molecule has 2 aliphatic heterocycles. The molecule has 0 unspecified atom stereocenters. The molecule has 0 amide bonds. The number of carboxylic acids is 2. The van der Waals surface area contributed by atoms with Crippen molar-refractivity contribution < 1.29 is 24.5 Å². The van der Waals surface area contributed by atoms with E-state index in [4.69, 9.17) is 20.7 Å². The first-order valence-corrected chi connectivity index (χ1v) is 8.97. The maximum Gasteiger partial charge on any atom is 0.328 e. The largest absolute Gasteiger partial charge is 0.478 e. The van der Waals surface area contributed by atoms with Crippen LogP contribution >= 0.6 is 0 Å². The van der Waals surface area contributed by atoms with E-state index in [-0.39, 0.29) is 6.04 Å². The molecule has 4 N–H and O–H groups in total.